The molecule has 63 heavy (non-hydrogen) atoms. The Morgan fingerprint density at radius 2 is 1.71 bits per heavy atom. The lowest BCUT2D eigenvalue weighted by Crippen LogP contribution is -2.63. The third kappa shape index (κ3) is 13.3. The zero-order valence-electron chi connectivity index (χ0n) is 39.1. The summed E-state index contributed by atoms with van der Waals surface area (Å²) in [5, 5.41) is 44.5. The number of aromatic nitrogens is 4. The summed E-state index contributed by atoms with van der Waals surface area (Å²) in [5.41, 5.74) is 3.34. The zero-order chi connectivity index (χ0) is 46.0. The van der Waals surface area contributed by atoms with E-state index in [9.17, 15) is 24.9 Å². The lowest BCUT2D eigenvalue weighted by Gasteiger charge is -2.46. The molecule has 12 atom stereocenters. The highest BCUT2D eigenvalue weighted by atomic mass is 16.7. The molecule has 15 nitrogen and oxygen atoms in total. The number of cyclic esters (lactones) is 1. The largest absolute Gasteiger partial charge is 0.462 e. The van der Waals surface area contributed by atoms with E-state index < -0.39 is 66.8 Å². The maximum atomic E-state index is 14.0. The fraction of sp³-hybridized carbons (Fsp3) is 0.646. The first kappa shape index (κ1) is 50.1. The van der Waals surface area contributed by atoms with Crippen LogP contribution in [0, 0.1) is 23.7 Å². The first-order valence-corrected chi connectivity index (χ1v) is 22.8. The van der Waals surface area contributed by atoms with Gasteiger partial charge >= 0.3 is 5.97 Å². The molecule has 1 fully saturated rings. The molecule has 348 valence electrons. The SMILES string of the molecule is CC[C@H]1OC(=O)C[C@@H](O)[C@H](C)[C@@H](O[C@@H]2O[C@H](C)[C@@H](O)[C@H](N(C)C)[C@H]2O)[C@@H](CCN(C)Cc2cn(-c3cnc4ccccc4c3)nn2)C[C@@H](C)C(=O)/C=C/C(C)=C/[C@@H]1CN(CC)CC. The van der Waals surface area contributed by atoms with E-state index in [4.69, 9.17) is 14.2 Å². The van der Waals surface area contributed by atoms with E-state index in [1.54, 1.807) is 42.9 Å². The molecule has 0 aliphatic carbocycles. The highest BCUT2D eigenvalue weighted by Gasteiger charge is 2.47. The molecular formula is C48H73N7O8. The van der Waals surface area contributed by atoms with Crippen molar-refractivity contribution in [1.82, 2.24) is 34.7 Å². The van der Waals surface area contributed by atoms with Crippen molar-refractivity contribution in [3.63, 3.8) is 0 Å². The Morgan fingerprint density at radius 1 is 0.984 bits per heavy atom. The molecule has 2 aromatic heterocycles. The summed E-state index contributed by atoms with van der Waals surface area (Å²) < 4.78 is 20.9. The molecule has 0 unspecified atom stereocenters. The number of hydrogen-bond donors (Lipinski definition) is 3. The summed E-state index contributed by atoms with van der Waals surface area (Å²) in [6.45, 7) is 17.0. The molecule has 15 heteroatoms. The highest BCUT2D eigenvalue weighted by Crippen LogP contribution is 2.35. The normalized spacial score (nSPS) is 32.0. The van der Waals surface area contributed by atoms with Crippen molar-refractivity contribution in [1.29, 1.82) is 0 Å². The number of para-hydroxylation sites is 1. The van der Waals surface area contributed by atoms with E-state index in [0.717, 1.165) is 40.9 Å². The Hall–Kier alpha value is -3.93. The van der Waals surface area contributed by atoms with Gasteiger partial charge in [-0.3, -0.25) is 14.6 Å². The number of carbonyl (C=O) groups is 2. The summed E-state index contributed by atoms with van der Waals surface area (Å²) in [4.78, 5) is 38.5. The average Bonchev–Trinajstić information content (AvgIpc) is 3.73. The molecule has 0 amide bonds. The van der Waals surface area contributed by atoms with Gasteiger partial charge in [-0.1, -0.05) is 75.8 Å². The fourth-order valence-corrected chi connectivity index (χ4v) is 9.06. The Bertz CT molecular complexity index is 1990. The van der Waals surface area contributed by atoms with Crippen LogP contribution in [0.3, 0.4) is 0 Å². The maximum absolute atomic E-state index is 14.0. The van der Waals surface area contributed by atoms with E-state index in [1.807, 2.05) is 77.3 Å². The second-order valence-corrected chi connectivity index (χ2v) is 18.1. The molecule has 1 aromatic carbocycles. The lowest BCUT2D eigenvalue weighted by atomic mass is 9.79. The molecule has 0 radical (unpaired) electrons. The van der Waals surface area contributed by atoms with Crippen molar-refractivity contribution in [3.05, 3.63) is 72.2 Å². The highest BCUT2D eigenvalue weighted by molar-refractivity contribution is 5.91. The summed E-state index contributed by atoms with van der Waals surface area (Å²) in [6.07, 6.45) is 3.93. The molecule has 2 aliphatic rings. The lowest BCUT2D eigenvalue weighted by molar-refractivity contribution is -0.304. The number of esters is 1. The van der Waals surface area contributed by atoms with Crippen molar-refractivity contribution in [2.24, 2.45) is 23.7 Å². The molecule has 3 N–H and O–H groups in total. The van der Waals surface area contributed by atoms with Gasteiger partial charge in [-0.2, -0.15) is 0 Å². The summed E-state index contributed by atoms with van der Waals surface area (Å²) in [5.74, 6) is -2.15. The van der Waals surface area contributed by atoms with Crippen LogP contribution in [0.1, 0.15) is 79.8 Å². The van der Waals surface area contributed by atoms with Crippen LogP contribution in [-0.2, 0) is 30.3 Å². The second kappa shape index (κ2) is 23.3. The Balaban J connectivity index is 1.45. The van der Waals surface area contributed by atoms with Gasteiger partial charge < -0.3 is 44.2 Å². The number of ether oxygens (including phenoxy) is 3. The number of aliphatic hydroxyl groups excluding tert-OH is 3. The van der Waals surface area contributed by atoms with Gasteiger partial charge in [-0.05, 0) is 98.0 Å². The zero-order valence-corrected chi connectivity index (χ0v) is 39.1. The second-order valence-electron chi connectivity index (χ2n) is 18.1. The van der Waals surface area contributed by atoms with Crippen LogP contribution in [0.25, 0.3) is 16.6 Å². The number of aliphatic hydroxyl groups is 3. The monoisotopic (exact) mass is 876 g/mol. The number of fused-ring (bicyclic) bond motifs is 1. The van der Waals surface area contributed by atoms with Crippen LogP contribution in [0.4, 0.5) is 0 Å². The standard InChI is InChI=1S/C48H73N7O8/c1-11-42-36(27-54(12-2)13-3)22-30(4)18-19-40(56)31(5)23-35(20-21-53(10)28-37-29-55(51-50-37)38-24-34-16-14-15-17-39(34)49-26-38)47(32(6)41(57)25-43(58)62-42)63-48-46(60)44(52(8)9)45(59)33(7)61-48/h14-19,22,24,26,29,31-33,35-36,41-42,44-48,57,59-60H,11-13,20-21,23,25,27-28H2,1-10H3/b19-18+,30-22+/t31-,32+,33-,35+,36-,41-,42-,44+,45-,46-,47-,48+/m1/s1. The smallest absolute Gasteiger partial charge is 0.308 e. The van der Waals surface area contributed by atoms with E-state index in [2.05, 4.69) is 45.0 Å². The number of ketones is 1. The molecule has 0 saturated carbocycles. The van der Waals surface area contributed by atoms with Gasteiger partial charge in [0.05, 0.1) is 66.2 Å². The Morgan fingerprint density at radius 3 is 2.41 bits per heavy atom. The van der Waals surface area contributed by atoms with Gasteiger partial charge in [0.25, 0.3) is 0 Å². The van der Waals surface area contributed by atoms with E-state index in [-0.39, 0.29) is 24.0 Å². The molecule has 1 saturated heterocycles. The number of benzene rings is 1. The maximum Gasteiger partial charge on any atom is 0.308 e. The number of rotatable bonds is 14. The number of carbonyl (C=O) groups excluding carboxylic acids is 2. The molecular weight excluding hydrogens is 803 g/mol. The van der Waals surface area contributed by atoms with Gasteiger partial charge in [-0.15, -0.1) is 5.10 Å². The van der Waals surface area contributed by atoms with Crippen molar-refractivity contribution in [3.8, 4) is 5.69 Å². The average molecular weight is 876 g/mol. The molecule has 3 aromatic rings. The molecule has 4 heterocycles. The Kier molecular flexibility index (Phi) is 18.5. The fourth-order valence-electron chi connectivity index (χ4n) is 9.06. The van der Waals surface area contributed by atoms with Crippen LogP contribution in [0.5, 0.6) is 0 Å². The predicted octanol–water partition coefficient (Wildman–Crippen LogP) is 4.81. The van der Waals surface area contributed by atoms with Crippen molar-refractivity contribution >= 4 is 22.7 Å². The van der Waals surface area contributed by atoms with Crippen LogP contribution >= 0.6 is 0 Å². The number of pyridine rings is 1. The van der Waals surface area contributed by atoms with E-state index in [0.29, 0.717) is 38.9 Å². The minimum absolute atomic E-state index is 0.0444. The van der Waals surface area contributed by atoms with Crippen LogP contribution in [0.15, 0.2) is 66.5 Å². The summed E-state index contributed by atoms with van der Waals surface area (Å²) in [7, 11) is 5.54. The number of allylic oxidation sites excluding steroid dienone is 3. The molecule has 5 rings (SSSR count). The predicted molar refractivity (Wildman–Crippen MR) is 243 cm³/mol. The third-order valence-electron chi connectivity index (χ3n) is 13.0. The van der Waals surface area contributed by atoms with E-state index >= 15 is 0 Å². The van der Waals surface area contributed by atoms with Crippen LogP contribution < -0.4 is 0 Å². The van der Waals surface area contributed by atoms with Gasteiger partial charge in [0.2, 0.25) is 0 Å². The molecule has 0 bridgehead atoms. The third-order valence-corrected chi connectivity index (χ3v) is 13.0. The van der Waals surface area contributed by atoms with Crippen molar-refractivity contribution in [2.75, 3.05) is 47.3 Å². The number of hydrogen-bond acceptors (Lipinski definition) is 14. The number of likely N-dealkylation sites (N-methyl/N-ethyl adjacent to an activating group) is 1. The topological polar surface area (TPSA) is 176 Å². The van der Waals surface area contributed by atoms with E-state index in [1.165, 1.54) is 0 Å². The Labute approximate surface area is 374 Å². The first-order valence-electron chi connectivity index (χ1n) is 22.8. The van der Waals surface area contributed by atoms with Gasteiger partial charge in [0.15, 0.2) is 12.1 Å². The minimum Gasteiger partial charge on any atom is -0.462 e. The minimum atomic E-state index is -1.24. The first-order chi connectivity index (χ1) is 30.0. The van der Waals surface area contributed by atoms with Crippen LogP contribution in [-0.4, -0.2) is 158 Å². The van der Waals surface area contributed by atoms with Gasteiger partial charge in [-0.25, -0.2) is 4.68 Å². The van der Waals surface area contributed by atoms with Crippen molar-refractivity contribution < 1.29 is 39.1 Å². The number of nitrogens with zero attached hydrogens (tertiary/aromatic N) is 7. The molecule has 0 spiro atoms. The van der Waals surface area contributed by atoms with Gasteiger partial charge in [0, 0.05) is 36.2 Å². The quantitative estimate of drug-likeness (QED) is 0.188. The van der Waals surface area contributed by atoms with Crippen molar-refractivity contribution in [2.45, 2.75) is 130 Å². The molecule has 2 aliphatic heterocycles. The summed E-state index contributed by atoms with van der Waals surface area (Å²) in [6, 6.07) is 9.22. The summed E-state index contributed by atoms with van der Waals surface area (Å²) >= 11 is 0. The van der Waals surface area contributed by atoms with Gasteiger partial charge in [0.1, 0.15) is 12.2 Å². The van der Waals surface area contributed by atoms with Crippen LogP contribution in [0.2, 0.25) is 0 Å².